The van der Waals surface area contributed by atoms with E-state index in [4.69, 9.17) is 11.6 Å². The van der Waals surface area contributed by atoms with E-state index in [1.165, 1.54) is 25.7 Å². The summed E-state index contributed by atoms with van der Waals surface area (Å²) in [6.07, 6.45) is 7.74. The van der Waals surface area contributed by atoms with E-state index in [1.807, 2.05) is 37.3 Å². The number of carbonyl (C=O) groups excluding carboxylic acids is 1. The third-order valence-corrected chi connectivity index (χ3v) is 4.39. The van der Waals surface area contributed by atoms with Crippen LogP contribution in [0.5, 0.6) is 0 Å². The van der Waals surface area contributed by atoms with Crippen LogP contribution in [0.4, 0.5) is 0 Å². The van der Waals surface area contributed by atoms with Gasteiger partial charge in [0.2, 0.25) is 5.91 Å². The lowest BCUT2D eigenvalue weighted by molar-refractivity contribution is -0.122. The predicted octanol–water partition coefficient (Wildman–Crippen LogP) is 5.01. The number of halogens is 1. The zero-order valence-corrected chi connectivity index (χ0v) is 14.1. The van der Waals surface area contributed by atoms with Crippen LogP contribution in [0.1, 0.15) is 64.4 Å². The second-order valence-electron chi connectivity index (χ2n) is 5.90. The molecular weight excluding hydrogens is 282 g/mol. The summed E-state index contributed by atoms with van der Waals surface area (Å²) >= 11 is 6.09. The maximum Gasteiger partial charge on any atom is 0.220 e. The minimum atomic E-state index is -0.484. The first kappa shape index (κ1) is 18.0. The van der Waals surface area contributed by atoms with Crippen molar-refractivity contribution in [2.24, 2.45) is 0 Å². The van der Waals surface area contributed by atoms with E-state index in [-0.39, 0.29) is 5.91 Å². The Kier molecular flexibility index (Phi) is 8.44. The highest BCUT2D eigenvalue weighted by Crippen LogP contribution is 2.22. The number of benzene rings is 1. The monoisotopic (exact) mass is 309 g/mol. The summed E-state index contributed by atoms with van der Waals surface area (Å²) < 4.78 is 0. The van der Waals surface area contributed by atoms with E-state index in [0.29, 0.717) is 12.3 Å². The molecule has 1 atom stereocenters. The highest BCUT2D eigenvalue weighted by atomic mass is 35.5. The Labute approximate surface area is 134 Å². The van der Waals surface area contributed by atoms with Crippen molar-refractivity contribution in [3.8, 4) is 0 Å². The molecule has 0 spiro atoms. The maximum absolute atomic E-state index is 12.1. The number of alkyl halides is 1. The number of rotatable bonds is 10. The van der Waals surface area contributed by atoms with E-state index in [0.717, 1.165) is 18.4 Å². The highest BCUT2D eigenvalue weighted by Gasteiger charge is 2.27. The molecule has 2 nitrogen and oxygen atoms in total. The van der Waals surface area contributed by atoms with Gasteiger partial charge in [0.25, 0.3) is 0 Å². The van der Waals surface area contributed by atoms with E-state index < -0.39 is 5.54 Å². The fourth-order valence-electron chi connectivity index (χ4n) is 2.42. The fraction of sp³-hybridized carbons (Fsp3) is 0.611. The van der Waals surface area contributed by atoms with Crippen molar-refractivity contribution in [1.29, 1.82) is 0 Å². The smallest absolute Gasteiger partial charge is 0.220 e. The number of amides is 1. The van der Waals surface area contributed by atoms with Gasteiger partial charge in [-0.2, -0.15) is 0 Å². The molecule has 0 aromatic heterocycles. The van der Waals surface area contributed by atoms with Gasteiger partial charge in [-0.15, -0.1) is 11.6 Å². The lowest BCUT2D eigenvalue weighted by atomic mass is 9.93. The van der Waals surface area contributed by atoms with E-state index in [1.54, 1.807) is 0 Å². The molecule has 0 saturated carbocycles. The molecule has 0 aliphatic rings. The van der Waals surface area contributed by atoms with Gasteiger partial charge in [0.1, 0.15) is 0 Å². The third kappa shape index (κ3) is 6.52. The Bertz CT molecular complexity index is 407. The van der Waals surface area contributed by atoms with Crippen LogP contribution < -0.4 is 5.32 Å². The standard InChI is InChI=1S/C18H28ClNO/c1-3-4-5-6-7-11-14-17(21)20-18(2,15-19)16-12-9-8-10-13-16/h8-10,12-13H,3-7,11,14-15H2,1-2H3,(H,20,21). The number of unbranched alkanes of at least 4 members (excludes halogenated alkanes) is 5. The van der Waals surface area contributed by atoms with Crippen molar-refractivity contribution in [1.82, 2.24) is 5.32 Å². The first-order valence-electron chi connectivity index (χ1n) is 8.05. The molecule has 0 bridgehead atoms. The van der Waals surface area contributed by atoms with E-state index >= 15 is 0 Å². The van der Waals surface area contributed by atoms with Crippen molar-refractivity contribution in [3.05, 3.63) is 35.9 Å². The van der Waals surface area contributed by atoms with Crippen molar-refractivity contribution in [3.63, 3.8) is 0 Å². The van der Waals surface area contributed by atoms with Gasteiger partial charge in [-0.25, -0.2) is 0 Å². The number of hydrogen-bond donors (Lipinski definition) is 1. The number of carbonyl (C=O) groups is 1. The molecule has 0 aliphatic carbocycles. The molecule has 1 N–H and O–H groups in total. The van der Waals surface area contributed by atoms with E-state index in [2.05, 4.69) is 12.2 Å². The third-order valence-electron chi connectivity index (χ3n) is 3.85. The summed E-state index contributed by atoms with van der Waals surface area (Å²) in [6, 6.07) is 9.93. The van der Waals surface area contributed by atoms with Gasteiger partial charge in [-0.1, -0.05) is 69.4 Å². The Morgan fingerprint density at radius 3 is 2.33 bits per heavy atom. The van der Waals surface area contributed by atoms with Gasteiger partial charge in [-0.3, -0.25) is 4.79 Å². The molecule has 0 heterocycles. The molecule has 1 aromatic rings. The van der Waals surface area contributed by atoms with Crippen molar-refractivity contribution in [2.45, 2.75) is 64.3 Å². The first-order valence-corrected chi connectivity index (χ1v) is 8.58. The van der Waals surface area contributed by atoms with Crippen LogP contribution in [0.25, 0.3) is 0 Å². The van der Waals surface area contributed by atoms with Gasteiger partial charge in [0.05, 0.1) is 5.54 Å². The topological polar surface area (TPSA) is 29.1 Å². The Morgan fingerprint density at radius 1 is 1.10 bits per heavy atom. The van der Waals surface area contributed by atoms with E-state index in [9.17, 15) is 4.79 Å². The first-order chi connectivity index (χ1) is 10.1. The maximum atomic E-state index is 12.1. The van der Waals surface area contributed by atoms with Crippen LogP contribution in [0, 0.1) is 0 Å². The van der Waals surface area contributed by atoms with Crippen LogP contribution in [-0.2, 0) is 10.3 Å². The minimum absolute atomic E-state index is 0.0949. The van der Waals surface area contributed by atoms with Gasteiger partial charge >= 0.3 is 0 Å². The van der Waals surface area contributed by atoms with Crippen molar-refractivity contribution >= 4 is 17.5 Å². The van der Waals surface area contributed by atoms with Crippen LogP contribution in [0.3, 0.4) is 0 Å². The Balaban J connectivity index is 2.38. The number of nitrogens with one attached hydrogen (secondary N) is 1. The lowest BCUT2D eigenvalue weighted by Gasteiger charge is -2.29. The molecule has 0 fully saturated rings. The van der Waals surface area contributed by atoms with Crippen molar-refractivity contribution < 1.29 is 4.79 Å². The number of hydrogen-bond acceptors (Lipinski definition) is 1. The van der Waals surface area contributed by atoms with Gasteiger partial charge < -0.3 is 5.32 Å². The van der Waals surface area contributed by atoms with Crippen LogP contribution in [0.2, 0.25) is 0 Å². The average Bonchev–Trinajstić information content (AvgIpc) is 2.51. The molecule has 1 amide bonds. The largest absolute Gasteiger partial charge is 0.346 e. The molecular formula is C18H28ClNO. The molecule has 118 valence electrons. The fourth-order valence-corrected chi connectivity index (χ4v) is 2.65. The summed E-state index contributed by atoms with van der Waals surface area (Å²) in [4.78, 5) is 12.1. The van der Waals surface area contributed by atoms with Gasteiger partial charge in [0, 0.05) is 12.3 Å². The molecule has 0 radical (unpaired) electrons. The zero-order chi connectivity index (χ0) is 15.6. The van der Waals surface area contributed by atoms with Crippen LogP contribution >= 0.6 is 11.6 Å². The molecule has 3 heteroatoms. The quantitative estimate of drug-likeness (QED) is 0.478. The molecule has 0 saturated heterocycles. The molecule has 1 aromatic carbocycles. The average molecular weight is 310 g/mol. The Morgan fingerprint density at radius 2 is 1.71 bits per heavy atom. The highest BCUT2D eigenvalue weighted by molar-refractivity contribution is 6.18. The van der Waals surface area contributed by atoms with Crippen molar-refractivity contribution in [2.75, 3.05) is 5.88 Å². The molecule has 0 aliphatic heterocycles. The summed E-state index contributed by atoms with van der Waals surface area (Å²) in [6.45, 7) is 4.19. The summed E-state index contributed by atoms with van der Waals surface area (Å²) in [5.41, 5.74) is 0.568. The summed E-state index contributed by atoms with van der Waals surface area (Å²) in [5, 5.41) is 3.09. The van der Waals surface area contributed by atoms with Gasteiger partial charge in [0.15, 0.2) is 0 Å². The SMILES string of the molecule is CCCCCCCCC(=O)NC(C)(CCl)c1ccccc1. The predicted molar refractivity (Wildman–Crippen MR) is 90.6 cm³/mol. The summed E-state index contributed by atoms with van der Waals surface area (Å²) in [5.74, 6) is 0.469. The molecule has 1 unspecified atom stereocenters. The lowest BCUT2D eigenvalue weighted by Crippen LogP contribution is -2.44. The van der Waals surface area contributed by atoms with Crippen LogP contribution in [0.15, 0.2) is 30.3 Å². The second kappa shape index (κ2) is 9.83. The Hall–Kier alpha value is -1.02. The summed E-state index contributed by atoms with van der Waals surface area (Å²) in [7, 11) is 0. The molecule has 1 rings (SSSR count). The van der Waals surface area contributed by atoms with Gasteiger partial charge in [-0.05, 0) is 18.9 Å². The molecule has 21 heavy (non-hydrogen) atoms. The normalized spacial score (nSPS) is 13.7. The minimum Gasteiger partial charge on any atom is -0.346 e. The zero-order valence-electron chi connectivity index (χ0n) is 13.3. The second-order valence-corrected chi connectivity index (χ2v) is 6.16. The van der Waals surface area contributed by atoms with Crippen LogP contribution in [-0.4, -0.2) is 11.8 Å².